The standard InChI is InChI=1S/C34H28N6O5/c1-43-30-15-26-29(16-31(30)44-2)38-19-39-34(26)45-23-12-13-24-20(14-23)6-5-7-25(24)33(42)37-18-22-11-10-21(17-36-22)32(41)40-28-9-4-3-8-27(28)35/h3-17,19H,18,35H2,1-2H3,(H,37,42)(H,40,41). The minimum absolute atomic E-state index is 0.180. The maximum absolute atomic E-state index is 13.2. The van der Waals surface area contributed by atoms with Crippen LogP contribution >= 0.6 is 0 Å². The Bertz CT molecular complexity index is 2050. The van der Waals surface area contributed by atoms with Gasteiger partial charge >= 0.3 is 0 Å². The molecule has 4 aromatic carbocycles. The van der Waals surface area contributed by atoms with E-state index in [4.69, 9.17) is 19.9 Å². The van der Waals surface area contributed by atoms with Gasteiger partial charge in [0.25, 0.3) is 11.8 Å². The van der Waals surface area contributed by atoms with Gasteiger partial charge in [0.1, 0.15) is 12.1 Å². The number of nitrogens with zero attached hydrogens (tertiary/aromatic N) is 3. The second-order valence-corrected chi connectivity index (χ2v) is 9.96. The predicted molar refractivity (Wildman–Crippen MR) is 171 cm³/mol. The van der Waals surface area contributed by atoms with Crippen LogP contribution in [-0.4, -0.2) is 41.0 Å². The van der Waals surface area contributed by atoms with Gasteiger partial charge < -0.3 is 30.6 Å². The first kappa shape index (κ1) is 28.9. The molecule has 0 radical (unpaired) electrons. The Kier molecular flexibility index (Phi) is 8.06. The first-order chi connectivity index (χ1) is 21.9. The third-order valence-corrected chi connectivity index (χ3v) is 7.14. The molecule has 0 aliphatic carbocycles. The molecule has 4 N–H and O–H groups in total. The highest BCUT2D eigenvalue weighted by Crippen LogP contribution is 2.36. The summed E-state index contributed by atoms with van der Waals surface area (Å²) in [5, 5.41) is 7.90. The highest BCUT2D eigenvalue weighted by Gasteiger charge is 2.15. The number of nitrogens with two attached hydrogens (primary N) is 1. The number of aromatic nitrogens is 3. The van der Waals surface area contributed by atoms with Crippen LogP contribution in [0.1, 0.15) is 26.4 Å². The molecule has 0 atom stereocenters. The fraction of sp³-hybridized carbons (Fsp3) is 0.0882. The summed E-state index contributed by atoms with van der Waals surface area (Å²) >= 11 is 0. The normalized spacial score (nSPS) is 10.8. The maximum atomic E-state index is 13.2. The molecule has 2 amide bonds. The number of hydrogen-bond acceptors (Lipinski definition) is 9. The molecule has 6 aromatic rings. The molecule has 224 valence electrons. The molecule has 0 bridgehead atoms. The van der Waals surface area contributed by atoms with E-state index in [0.717, 1.165) is 10.8 Å². The number of anilines is 2. The summed E-state index contributed by atoms with van der Waals surface area (Å²) in [7, 11) is 3.12. The van der Waals surface area contributed by atoms with Crippen LogP contribution in [0.15, 0.2) is 97.5 Å². The molecule has 2 heterocycles. The van der Waals surface area contributed by atoms with Crippen LogP contribution in [-0.2, 0) is 6.54 Å². The van der Waals surface area contributed by atoms with Crippen molar-refractivity contribution in [2.75, 3.05) is 25.3 Å². The third-order valence-electron chi connectivity index (χ3n) is 7.14. The molecule has 0 spiro atoms. The Balaban J connectivity index is 1.14. The SMILES string of the molecule is COc1cc2ncnc(Oc3ccc4c(C(=O)NCc5ccc(C(=O)Nc6ccccc6N)cn5)cccc4c3)c2cc1OC. The van der Waals surface area contributed by atoms with E-state index in [1.165, 1.54) is 12.5 Å². The van der Waals surface area contributed by atoms with Crippen molar-refractivity contribution in [3.05, 3.63) is 114 Å². The van der Waals surface area contributed by atoms with Crippen molar-refractivity contribution in [2.45, 2.75) is 6.54 Å². The van der Waals surface area contributed by atoms with Gasteiger partial charge in [-0.1, -0.05) is 24.3 Å². The number of pyridine rings is 1. The van der Waals surface area contributed by atoms with E-state index in [1.807, 2.05) is 24.3 Å². The van der Waals surface area contributed by atoms with E-state index >= 15 is 0 Å². The van der Waals surface area contributed by atoms with Crippen molar-refractivity contribution >= 4 is 44.9 Å². The quantitative estimate of drug-likeness (QED) is 0.176. The van der Waals surface area contributed by atoms with Crippen LogP contribution in [0.2, 0.25) is 0 Å². The average Bonchev–Trinajstić information content (AvgIpc) is 3.07. The summed E-state index contributed by atoms with van der Waals surface area (Å²) in [6.45, 7) is 0.180. The molecule has 0 fully saturated rings. The molecule has 45 heavy (non-hydrogen) atoms. The average molecular weight is 601 g/mol. The van der Waals surface area contributed by atoms with E-state index in [2.05, 4.69) is 25.6 Å². The highest BCUT2D eigenvalue weighted by molar-refractivity contribution is 6.07. The van der Waals surface area contributed by atoms with Crippen molar-refractivity contribution in [3.8, 4) is 23.1 Å². The van der Waals surface area contributed by atoms with Gasteiger partial charge in [0, 0.05) is 17.8 Å². The predicted octanol–water partition coefficient (Wildman–Crippen LogP) is 5.75. The van der Waals surface area contributed by atoms with Gasteiger partial charge in [-0.05, 0) is 65.4 Å². The third kappa shape index (κ3) is 6.13. The fourth-order valence-electron chi connectivity index (χ4n) is 4.81. The minimum atomic E-state index is -0.331. The second kappa shape index (κ2) is 12.6. The molecule has 11 heteroatoms. The van der Waals surface area contributed by atoms with Gasteiger partial charge in [0.15, 0.2) is 11.5 Å². The molecule has 0 unspecified atom stereocenters. The molecule has 6 rings (SSSR count). The number of carbonyl (C=O) groups excluding carboxylic acids is 2. The smallest absolute Gasteiger partial charge is 0.257 e. The zero-order chi connectivity index (χ0) is 31.3. The van der Waals surface area contributed by atoms with Crippen molar-refractivity contribution in [1.82, 2.24) is 20.3 Å². The Morgan fingerprint density at radius 2 is 1.62 bits per heavy atom. The van der Waals surface area contributed by atoms with E-state index in [-0.39, 0.29) is 18.4 Å². The number of ether oxygens (including phenoxy) is 3. The Hall–Kier alpha value is -6.23. The number of para-hydroxylation sites is 2. The number of methoxy groups -OCH3 is 2. The summed E-state index contributed by atoms with van der Waals surface area (Å²) < 4.78 is 17.0. The Morgan fingerprint density at radius 1 is 0.800 bits per heavy atom. The molecule has 0 saturated carbocycles. The van der Waals surface area contributed by atoms with Crippen LogP contribution in [0.3, 0.4) is 0 Å². The van der Waals surface area contributed by atoms with Crippen LogP contribution in [0.25, 0.3) is 21.7 Å². The van der Waals surface area contributed by atoms with Gasteiger partial charge in [0.2, 0.25) is 5.88 Å². The number of amides is 2. The van der Waals surface area contributed by atoms with E-state index < -0.39 is 0 Å². The number of carbonyl (C=O) groups is 2. The van der Waals surface area contributed by atoms with Crippen LogP contribution in [0.4, 0.5) is 11.4 Å². The number of fused-ring (bicyclic) bond motifs is 2. The van der Waals surface area contributed by atoms with Crippen LogP contribution < -0.4 is 30.6 Å². The van der Waals surface area contributed by atoms with Crippen molar-refractivity contribution in [3.63, 3.8) is 0 Å². The number of nitrogens with one attached hydrogen (secondary N) is 2. The molecular formula is C34H28N6O5. The lowest BCUT2D eigenvalue weighted by molar-refractivity contribution is 0.0950. The summed E-state index contributed by atoms with van der Waals surface area (Å²) in [6.07, 6.45) is 2.88. The van der Waals surface area contributed by atoms with Gasteiger partial charge in [-0.3, -0.25) is 14.6 Å². The molecule has 0 aliphatic rings. The number of nitrogen functional groups attached to an aromatic ring is 1. The van der Waals surface area contributed by atoms with Gasteiger partial charge in [0.05, 0.1) is 54.3 Å². The van der Waals surface area contributed by atoms with E-state index in [1.54, 1.807) is 74.9 Å². The molecule has 11 nitrogen and oxygen atoms in total. The Morgan fingerprint density at radius 3 is 2.40 bits per heavy atom. The number of benzene rings is 4. The highest BCUT2D eigenvalue weighted by atomic mass is 16.5. The Labute approximate surface area is 258 Å². The monoisotopic (exact) mass is 600 g/mol. The van der Waals surface area contributed by atoms with E-state index in [0.29, 0.717) is 62.2 Å². The van der Waals surface area contributed by atoms with Crippen LogP contribution in [0, 0.1) is 0 Å². The fourth-order valence-corrected chi connectivity index (χ4v) is 4.81. The zero-order valence-corrected chi connectivity index (χ0v) is 24.4. The molecule has 0 aliphatic heterocycles. The van der Waals surface area contributed by atoms with Crippen molar-refractivity contribution < 1.29 is 23.8 Å². The van der Waals surface area contributed by atoms with Crippen molar-refractivity contribution in [1.29, 1.82) is 0 Å². The minimum Gasteiger partial charge on any atom is -0.493 e. The molecule has 2 aromatic heterocycles. The summed E-state index contributed by atoms with van der Waals surface area (Å²) in [6, 6.07) is 24.8. The summed E-state index contributed by atoms with van der Waals surface area (Å²) in [5.41, 5.74) is 9.01. The summed E-state index contributed by atoms with van der Waals surface area (Å²) in [5.74, 6) is 1.39. The number of rotatable bonds is 9. The first-order valence-corrected chi connectivity index (χ1v) is 13.9. The zero-order valence-electron chi connectivity index (χ0n) is 24.4. The second-order valence-electron chi connectivity index (χ2n) is 9.96. The summed E-state index contributed by atoms with van der Waals surface area (Å²) in [4.78, 5) is 38.8. The molecule has 0 saturated heterocycles. The lowest BCUT2D eigenvalue weighted by Gasteiger charge is -2.12. The van der Waals surface area contributed by atoms with Gasteiger partial charge in [-0.15, -0.1) is 0 Å². The maximum Gasteiger partial charge on any atom is 0.257 e. The molecular weight excluding hydrogens is 572 g/mol. The lowest BCUT2D eigenvalue weighted by Crippen LogP contribution is -2.23. The number of hydrogen-bond donors (Lipinski definition) is 3. The van der Waals surface area contributed by atoms with Crippen LogP contribution in [0.5, 0.6) is 23.1 Å². The topological polar surface area (TPSA) is 151 Å². The first-order valence-electron chi connectivity index (χ1n) is 13.9. The lowest BCUT2D eigenvalue weighted by atomic mass is 10.0. The van der Waals surface area contributed by atoms with Crippen molar-refractivity contribution in [2.24, 2.45) is 0 Å². The van der Waals surface area contributed by atoms with E-state index in [9.17, 15) is 9.59 Å². The van der Waals surface area contributed by atoms with Gasteiger partial charge in [-0.2, -0.15) is 0 Å². The van der Waals surface area contributed by atoms with Gasteiger partial charge in [-0.25, -0.2) is 9.97 Å². The largest absolute Gasteiger partial charge is 0.493 e.